The van der Waals surface area contributed by atoms with Crippen molar-refractivity contribution in [3.05, 3.63) is 0 Å². The van der Waals surface area contributed by atoms with Gasteiger partial charge in [-0.2, -0.15) is 0 Å². The molecule has 0 aromatic heterocycles. The van der Waals surface area contributed by atoms with Gasteiger partial charge >= 0.3 is 17.9 Å². The van der Waals surface area contributed by atoms with Crippen molar-refractivity contribution in [1.82, 2.24) is 0 Å². The lowest BCUT2D eigenvalue weighted by Crippen LogP contribution is -2.30. The quantitative estimate of drug-likeness (QED) is 0.0353. The van der Waals surface area contributed by atoms with Gasteiger partial charge in [0.15, 0.2) is 6.10 Å². The highest BCUT2D eigenvalue weighted by atomic mass is 16.6. The van der Waals surface area contributed by atoms with Gasteiger partial charge in [-0.15, -0.1) is 0 Å². The van der Waals surface area contributed by atoms with Gasteiger partial charge in [-0.3, -0.25) is 14.4 Å². The Morgan fingerprint density at radius 3 is 0.942 bits per heavy atom. The Morgan fingerprint density at radius 2 is 0.635 bits per heavy atom. The first-order valence-electron chi connectivity index (χ1n) is 22.9. The predicted molar refractivity (Wildman–Crippen MR) is 220 cm³/mol. The molecule has 0 saturated carbocycles. The summed E-state index contributed by atoms with van der Waals surface area (Å²) in [6.45, 7) is 8.88. The standard InChI is InChI=1S/C46H88O6/c1-5-7-9-11-12-13-14-15-16-17-18-19-20-21-22-26-30-34-38-45(48)51-41-43(40-50-44(47)37-33-28-10-8-6-2)52-46(49)39-35-31-27-24-23-25-29-32-36-42(3)4/h42-43H,5-41H2,1-4H3/t43-/m0/s1. The molecule has 0 unspecified atom stereocenters. The molecular formula is C46H88O6. The number of carbonyl (C=O) groups is 3. The maximum Gasteiger partial charge on any atom is 0.306 e. The van der Waals surface area contributed by atoms with Crippen molar-refractivity contribution < 1.29 is 28.6 Å². The zero-order valence-electron chi connectivity index (χ0n) is 35.3. The van der Waals surface area contributed by atoms with Crippen LogP contribution < -0.4 is 0 Å². The van der Waals surface area contributed by atoms with Gasteiger partial charge in [0.1, 0.15) is 13.2 Å². The lowest BCUT2D eigenvalue weighted by molar-refractivity contribution is -0.167. The molecule has 0 fully saturated rings. The molecule has 52 heavy (non-hydrogen) atoms. The maximum atomic E-state index is 12.6. The molecule has 1 atom stereocenters. The number of rotatable bonds is 41. The third kappa shape index (κ3) is 39.6. The molecule has 308 valence electrons. The number of ether oxygens (including phenoxy) is 3. The van der Waals surface area contributed by atoms with Gasteiger partial charge in [0.05, 0.1) is 0 Å². The first-order valence-corrected chi connectivity index (χ1v) is 22.9. The van der Waals surface area contributed by atoms with Crippen LogP contribution in [0, 0.1) is 5.92 Å². The normalized spacial score (nSPS) is 11.9. The molecular weight excluding hydrogens is 648 g/mol. The Balaban J connectivity index is 4.12. The van der Waals surface area contributed by atoms with Crippen LogP contribution in [0.15, 0.2) is 0 Å². The van der Waals surface area contributed by atoms with Gasteiger partial charge in [0.2, 0.25) is 0 Å². The van der Waals surface area contributed by atoms with Crippen LogP contribution in [0.1, 0.15) is 252 Å². The molecule has 6 nitrogen and oxygen atoms in total. The molecule has 0 rings (SSSR count). The fraction of sp³-hybridized carbons (Fsp3) is 0.935. The van der Waals surface area contributed by atoms with Crippen LogP contribution in [0.25, 0.3) is 0 Å². The SMILES string of the molecule is CCCCCCCCCCCCCCCCCCCCC(=O)OC[C@H](COC(=O)CCCCCCC)OC(=O)CCCCCCCCCCC(C)C. The average Bonchev–Trinajstić information content (AvgIpc) is 3.12. The molecule has 0 aliphatic heterocycles. The van der Waals surface area contributed by atoms with Crippen LogP contribution in [0.2, 0.25) is 0 Å². The highest BCUT2D eigenvalue weighted by molar-refractivity contribution is 5.71. The molecule has 0 aromatic carbocycles. The summed E-state index contributed by atoms with van der Waals surface area (Å²) in [6.07, 6.45) is 39.8. The van der Waals surface area contributed by atoms with Gasteiger partial charge in [0, 0.05) is 19.3 Å². The van der Waals surface area contributed by atoms with E-state index in [1.54, 1.807) is 0 Å². The Morgan fingerprint density at radius 1 is 0.365 bits per heavy atom. The summed E-state index contributed by atoms with van der Waals surface area (Å²) in [5.41, 5.74) is 0. The van der Waals surface area contributed by atoms with Crippen molar-refractivity contribution in [2.75, 3.05) is 13.2 Å². The molecule has 0 amide bonds. The van der Waals surface area contributed by atoms with Crippen LogP contribution >= 0.6 is 0 Å². The second-order valence-electron chi connectivity index (χ2n) is 16.2. The first kappa shape index (κ1) is 50.4. The molecule has 0 aliphatic carbocycles. The van der Waals surface area contributed by atoms with Crippen LogP contribution in [-0.2, 0) is 28.6 Å². The summed E-state index contributed by atoms with van der Waals surface area (Å²) >= 11 is 0. The lowest BCUT2D eigenvalue weighted by atomic mass is 10.0. The number of carbonyl (C=O) groups excluding carboxylic acids is 3. The van der Waals surface area contributed by atoms with Gasteiger partial charge in [-0.05, 0) is 25.2 Å². The third-order valence-electron chi connectivity index (χ3n) is 10.3. The number of unbranched alkanes of at least 4 members (excludes halogenated alkanes) is 28. The predicted octanol–water partition coefficient (Wildman–Crippen LogP) is 14.3. The molecule has 0 N–H and O–H groups in total. The molecule has 0 heterocycles. The first-order chi connectivity index (χ1) is 25.4. The highest BCUT2D eigenvalue weighted by Crippen LogP contribution is 2.16. The Labute approximate surface area is 323 Å². The smallest absolute Gasteiger partial charge is 0.306 e. The van der Waals surface area contributed by atoms with Gasteiger partial charge in [-0.25, -0.2) is 0 Å². The lowest BCUT2D eigenvalue weighted by Gasteiger charge is -2.18. The highest BCUT2D eigenvalue weighted by Gasteiger charge is 2.19. The van der Waals surface area contributed by atoms with Gasteiger partial charge in [-0.1, -0.05) is 214 Å². The minimum Gasteiger partial charge on any atom is -0.462 e. The molecule has 0 radical (unpaired) electrons. The minimum atomic E-state index is -0.758. The topological polar surface area (TPSA) is 78.9 Å². The van der Waals surface area contributed by atoms with E-state index < -0.39 is 6.10 Å². The maximum absolute atomic E-state index is 12.6. The molecule has 0 saturated heterocycles. The van der Waals surface area contributed by atoms with Crippen molar-refractivity contribution in [3.63, 3.8) is 0 Å². The summed E-state index contributed by atoms with van der Waals surface area (Å²) < 4.78 is 16.6. The molecule has 0 aromatic rings. The van der Waals surface area contributed by atoms with E-state index in [1.807, 2.05) is 0 Å². The van der Waals surface area contributed by atoms with E-state index in [0.717, 1.165) is 70.1 Å². The zero-order valence-corrected chi connectivity index (χ0v) is 35.3. The molecule has 0 spiro atoms. The number of esters is 3. The second kappa shape index (κ2) is 40.6. The fourth-order valence-electron chi connectivity index (χ4n) is 6.80. The monoisotopic (exact) mass is 737 g/mol. The molecule has 0 aliphatic rings. The van der Waals surface area contributed by atoms with E-state index in [1.165, 1.54) is 141 Å². The fourth-order valence-corrected chi connectivity index (χ4v) is 6.80. The summed E-state index contributed by atoms with van der Waals surface area (Å²) in [5.74, 6) is -0.0770. The van der Waals surface area contributed by atoms with E-state index in [9.17, 15) is 14.4 Å². The average molecular weight is 737 g/mol. The van der Waals surface area contributed by atoms with E-state index >= 15 is 0 Å². The van der Waals surface area contributed by atoms with Crippen molar-refractivity contribution in [2.45, 2.75) is 259 Å². The van der Waals surface area contributed by atoms with Crippen LogP contribution in [0.4, 0.5) is 0 Å². The van der Waals surface area contributed by atoms with Crippen molar-refractivity contribution in [3.8, 4) is 0 Å². The summed E-state index contributed by atoms with van der Waals surface area (Å²) in [5, 5.41) is 0. The zero-order chi connectivity index (χ0) is 38.2. The largest absolute Gasteiger partial charge is 0.462 e. The third-order valence-corrected chi connectivity index (χ3v) is 10.3. The van der Waals surface area contributed by atoms with Crippen LogP contribution in [0.5, 0.6) is 0 Å². The van der Waals surface area contributed by atoms with E-state index in [-0.39, 0.29) is 31.1 Å². The number of hydrogen-bond donors (Lipinski definition) is 0. The second-order valence-corrected chi connectivity index (χ2v) is 16.2. The van der Waals surface area contributed by atoms with E-state index in [0.29, 0.717) is 19.3 Å². The van der Waals surface area contributed by atoms with Crippen LogP contribution in [0.3, 0.4) is 0 Å². The Hall–Kier alpha value is -1.59. The molecule has 0 bridgehead atoms. The van der Waals surface area contributed by atoms with E-state index in [2.05, 4.69) is 27.7 Å². The van der Waals surface area contributed by atoms with E-state index in [4.69, 9.17) is 14.2 Å². The molecule has 6 heteroatoms. The Bertz CT molecular complexity index is 781. The minimum absolute atomic E-state index is 0.0653. The van der Waals surface area contributed by atoms with Crippen molar-refractivity contribution in [1.29, 1.82) is 0 Å². The number of hydrogen-bond acceptors (Lipinski definition) is 6. The summed E-state index contributed by atoms with van der Waals surface area (Å²) in [6, 6.07) is 0. The van der Waals surface area contributed by atoms with Crippen LogP contribution in [-0.4, -0.2) is 37.2 Å². The summed E-state index contributed by atoms with van der Waals surface area (Å²) in [4.78, 5) is 37.4. The van der Waals surface area contributed by atoms with Gasteiger partial charge in [0.25, 0.3) is 0 Å². The van der Waals surface area contributed by atoms with Crippen molar-refractivity contribution in [2.24, 2.45) is 5.92 Å². The summed E-state index contributed by atoms with van der Waals surface area (Å²) in [7, 11) is 0. The Kier molecular flexibility index (Phi) is 39.4. The van der Waals surface area contributed by atoms with Crippen molar-refractivity contribution >= 4 is 17.9 Å². The van der Waals surface area contributed by atoms with Gasteiger partial charge < -0.3 is 14.2 Å².